The van der Waals surface area contributed by atoms with Gasteiger partial charge < -0.3 is 4.98 Å². The molecule has 4 rings (SSSR count). The summed E-state index contributed by atoms with van der Waals surface area (Å²) in [6.45, 7) is 1.95. The fourth-order valence-electron chi connectivity index (χ4n) is 2.84. The molecule has 1 N–H and O–H groups in total. The molecule has 3 heteroatoms. The Balaban J connectivity index is 1.71. The summed E-state index contributed by atoms with van der Waals surface area (Å²) in [5.41, 5.74) is 6.16. The van der Waals surface area contributed by atoms with Crippen molar-refractivity contribution >= 4 is 11.0 Å². The highest BCUT2D eigenvalue weighted by Gasteiger charge is 2.04. The Hall–Kier alpha value is -2.94. The van der Waals surface area contributed by atoms with Gasteiger partial charge in [-0.1, -0.05) is 42.5 Å². The molecule has 2 nitrogen and oxygen atoms in total. The second kappa shape index (κ2) is 5.36. The van der Waals surface area contributed by atoms with Gasteiger partial charge in [-0.25, -0.2) is 9.37 Å². The van der Waals surface area contributed by atoms with Gasteiger partial charge in [-0.3, -0.25) is 0 Å². The van der Waals surface area contributed by atoms with Crippen molar-refractivity contribution in [3.8, 4) is 22.3 Å². The minimum Gasteiger partial charge on any atom is -0.342 e. The first-order chi connectivity index (χ1) is 11.2. The van der Waals surface area contributed by atoms with Crippen LogP contribution in [0.15, 0.2) is 66.7 Å². The fraction of sp³-hybridized carbons (Fsp3) is 0.0500. The molecule has 0 aliphatic carbocycles. The SMILES string of the molecule is Cc1nc2ccc(-c3ccc(-c4cccc(F)c4)cc3)cc2[nH]1. The molecule has 1 aromatic heterocycles. The van der Waals surface area contributed by atoms with Crippen molar-refractivity contribution in [3.63, 3.8) is 0 Å². The van der Waals surface area contributed by atoms with Gasteiger partial charge in [0.25, 0.3) is 0 Å². The Morgan fingerprint density at radius 3 is 2.13 bits per heavy atom. The number of benzene rings is 3. The molecule has 0 atom stereocenters. The van der Waals surface area contributed by atoms with Gasteiger partial charge in [0.15, 0.2) is 0 Å². The van der Waals surface area contributed by atoms with E-state index in [-0.39, 0.29) is 5.82 Å². The molecule has 0 amide bonds. The third kappa shape index (κ3) is 2.61. The molecule has 1 heterocycles. The van der Waals surface area contributed by atoms with Crippen LogP contribution in [0.3, 0.4) is 0 Å². The van der Waals surface area contributed by atoms with Gasteiger partial charge in [0, 0.05) is 0 Å². The van der Waals surface area contributed by atoms with Crippen molar-refractivity contribution in [1.29, 1.82) is 0 Å². The summed E-state index contributed by atoms with van der Waals surface area (Å²) in [4.78, 5) is 7.68. The number of aryl methyl sites for hydroxylation is 1. The normalized spacial score (nSPS) is 11.0. The van der Waals surface area contributed by atoms with Gasteiger partial charge in [-0.2, -0.15) is 0 Å². The van der Waals surface area contributed by atoms with Gasteiger partial charge >= 0.3 is 0 Å². The largest absolute Gasteiger partial charge is 0.342 e. The minimum atomic E-state index is -0.216. The first kappa shape index (κ1) is 13.7. The molecular formula is C20H15FN2. The lowest BCUT2D eigenvalue weighted by atomic mass is 10.00. The van der Waals surface area contributed by atoms with Crippen LogP contribution in [0.5, 0.6) is 0 Å². The maximum Gasteiger partial charge on any atom is 0.123 e. The van der Waals surface area contributed by atoms with E-state index in [0.29, 0.717) is 0 Å². The number of fused-ring (bicyclic) bond motifs is 1. The van der Waals surface area contributed by atoms with Crippen molar-refractivity contribution in [3.05, 3.63) is 78.4 Å². The third-order valence-electron chi connectivity index (χ3n) is 3.98. The minimum absolute atomic E-state index is 0.216. The van der Waals surface area contributed by atoms with E-state index in [1.807, 2.05) is 31.2 Å². The van der Waals surface area contributed by atoms with Crippen LogP contribution in [0, 0.1) is 12.7 Å². The van der Waals surface area contributed by atoms with Crippen LogP contribution < -0.4 is 0 Å². The summed E-state index contributed by atoms with van der Waals surface area (Å²) in [6, 6.07) is 21.0. The topological polar surface area (TPSA) is 28.7 Å². The van der Waals surface area contributed by atoms with E-state index in [0.717, 1.165) is 39.1 Å². The first-order valence-electron chi connectivity index (χ1n) is 7.52. The smallest absolute Gasteiger partial charge is 0.123 e. The molecule has 0 bridgehead atoms. The standard InChI is InChI=1S/C20H15FN2/c1-13-22-19-10-9-17(12-20(19)23-13)15-7-5-14(6-8-15)16-3-2-4-18(21)11-16/h2-12H,1H3,(H,22,23). The molecule has 0 fully saturated rings. The number of nitrogens with one attached hydrogen (secondary N) is 1. The Morgan fingerprint density at radius 2 is 1.43 bits per heavy atom. The van der Waals surface area contributed by atoms with Crippen LogP contribution in [-0.4, -0.2) is 9.97 Å². The van der Waals surface area contributed by atoms with Crippen LogP contribution in [0.25, 0.3) is 33.3 Å². The number of aromatic nitrogens is 2. The molecule has 112 valence electrons. The monoisotopic (exact) mass is 302 g/mol. The highest BCUT2D eigenvalue weighted by molar-refractivity contribution is 5.82. The van der Waals surface area contributed by atoms with Gasteiger partial charge in [0.1, 0.15) is 11.6 Å². The van der Waals surface area contributed by atoms with Crippen LogP contribution in [0.4, 0.5) is 4.39 Å². The van der Waals surface area contributed by atoms with E-state index < -0.39 is 0 Å². The second-order valence-corrected chi connectivity index (χ2v) is 5.64. The summed E-state index contributed by atoms with van der Waals surface area (Å²) >= 11 is 0. The number of hydrogen-bond donors (Lipinski definition) is 1. The average molecular weight is 302 g/mol. The maximum atomic E-state index is 13.3. The molecule has 0 aliphatic rings. The number of aromatic amines is 1. The number of halogens is 1. The molecule has 3 aromatic carbocycles. The zero-order chi connectivity index (χ0) is 15.8. The molecule has 0 unspecified atom stereocenters. The molecule has 0 radical (unpaired) electrons. The van der Waals surface area contributed by atoms with Crippen LogP contribution in [0.1, 0.15) is 5.82 Å². The lowest BCUT2D eigenvalue weighted by Gasteiger charge is -2.05. The number of H-pyrrole nitrogens is 1. The molecule has 0 spiro atoms. The van der Waals surface area contributed by atoms with Crippen molar-refractivity contribution in [2.75, 3.05) is 0 Å². The van der Waals surface area contributed by atoms with E-state index in [1.165, 1.54) is 6.07 Å². The second-order valence-electron chi connectivity index (χ2n) is 5.64. The maximum absolute atomic E-state index is 13.3. The quantitative estimate of drug-likeness (QED) is 0.531. The summed E-state index contributed by atoms with van der Waals surface area (Å²) < 4.78 is 13.3. The molecule has 4 aromatic rings. The summed E-state index contributed by atoms with van der Waals surface area (Å²) in [6.07, 6.45) is 0. The Labute approximate surface area is 133 Å². The van der Waals surface area contributed by atoms with Crippen LogP contribution in [0.2, 0.25) is 0 Å². The number of nitrogens with zero attached hydrogens (tertiary/aromatic N) is 1. The Kier molecular flexibility index (Phi) is 3.19. The molecule has 0 saturated heterocycles. The lowest BCUT2D eigenvalue weighted by Crippen LogP contribution is -1.82. The number of imidazole rings is 1. The van der Waals surface area contributed by atoms with Crippen molar-refractivity contribution in [2.24, 2.45) is 0 Å². The Bertz CT molecular complexity index is 984. The fourth-order valence-corrected chi connectivity index (χ4v) is 2.84. The molecule has 0 aliphatic heterocycles. The molecular weight excluding hydrogens is 287 g/mol. The number of hydrogen-bond acceptors (Lipinski definition) is 1. The molecule has 23 heavy (non-hydrogen) atoms. The zero-order valence-electron chi connectivity index (χ0n) is 12.7. The highest BCUT2D eigenvalue weighted by Crippen LogP contribution is 2.27. The highest BCUT2D eigenvalue weighted by atomic mass is 19.1. The van der Waals surface area contributed by atoms with Crippen molar-refractivity contribution in [2.45, 2.75) is 6.92 Å². The summed E-state index contributed by atoms with van der Waals surface area (Å²) in [7, 11) is 0. The third-order valence-corrected chi connectivity index (χ3v) is 3.98. The van der Waals surface area contributed by atoms with Crippen molar-refractivity contribution in [1.82, 2.24) is 9.97 Å². The van der Waals surface area contributed by atoms with E-state index >= 15 is 0 Å². The predicted octanol–water partition coefficient (Wildman–Crippen LogP) is 5.34. The van der Waals surface area contributed by atoms with Crippen molar-refractivity contribution < 1.29 is 4.39 Å². The van der Waals surface area contributed by atoms with Gasteiger partial charge in [0.2, 0.25) is 0 Å². The van der Waals surface area contributed by atoms with Crippen LogP contribution in [-0.2, 0) is 0 Å². The Morgan fingerprint density at radius 1 is 0.783 bits per heavy atom. The number of rotatable bonds is 2. The first-order valence-corrected chi connectivity index (χ1v) is 7.52. The lowest BCUT2D eigenvalue weighted by molar-refractivity contribution is 0.628. The average Bonchev–Trinajstić information content (AvgIpc) is 2.94. The van der Waals surface area contributed by atoms with Gasteiger partial charge in [-0.15, -0.1) is 0 Å². The van der Waals surface area contributed by atoms with Crippen LogP contribution >= 0.6 is 0 Å². The zero-order valence-corrected chi connectivity index (χ0v) is 12.7. The van der Waals surface area contributed by atoms with Gasteiger partial charge in [0.05, 0.1) is 11.0 Å². The predicted molar refractivity (Wildman–Crippen MR) is 91.7 cm³/mol. The van der Waals surface area contributed by atoms with E-state index in [1.54, 1.807) is 12.1 Å². The molecule has 0 saturated carbocycles. The van der Waals surface area contributed by atoms with E-state index in [9.17, 15) is 4.39 Å². The van der Waals surface area contributed by atoms with E-state index in [2.05, 4.69) is 34.2 Å². The van der Waals surface area contributed by atoms with Gasteiger partial charge in [-0.05, 0) is 53.4 Å². The summed E-state index contributed by atoms with van der Waals surface area (Å²) in [5.74, 6) is 0.699. The van der Waals surface area contributed by atoms with E-state index in [4.69, 9.17) is 0 Å². The summed E-state index contributed by atoms with van der Waals surface area (Å²) in [5, 5.41) is 0.